The Hall–Kier alpha value is -3.39. The third kappa shape index (κ3) is 3.47. The van der Waals surface area contributed by atoms with Gasteiger partial charge in [-0.15, -0.1) is 5.10 Å². The van der Waals surface area contributed by atoms with Crippen molar-refractivity contribution in [1.29, 1.82) is 0 Å². The Morgan fingerprint density at radius 1 is 1.19 bits per heavy atom. The van der Waals surface area contributed by atoms with Crippen molar-refractivity contribution < 1.29 is 4.79 Å². The van der Waals surface area contributed by atoms with E-state index in [9.17, 15) is 4.79 Å². The van der Waals surface area contributed by atoms with Gasteiger partial charge in [-0.25, -0.2) is 9.67 Å². The zero-order valence-corrected chi connectivity index (χ0v) is 15.3. The Labute approximate surface area is 159 Å². The molecule has 0 radical (unpaired) electrons. The molecule has 134 valence electrons. The van der Waals surface area contributed by atoms with Gasteiger partial charge in [0.25, 0.3) is 5.91 Å². The highest BCUT2D eigenvalue weighted by Crippen LogP contribution is 2.21. The molecular formula is C19H16N6OS. The summed E-state index contributed by atoms with van der Waals surface area (Å²) in [6.07, 6.45) is 3.95. The molecular weight excluding hydrogens is 360 g/mol. The van der Waals surface area contributed by atoms with E-state index in [1.165, 1.54) is 11.5 Å². The second kappa shape index (κ2) is 7.46. The molecule has 1 N–H and O–H groups in total. The third-order valence-corrected chi connectivity index (χ3v) is 4.62. The standard InChI is InChI=1S/C19H16N6OS/c1-2-17-15(11-21-25(17)18-5-3-4-10-20-18)19(26)22-14-8-6-13(7-9-14)16-12-27-24-23-16/h3-12H,2H2,1H3,(H,22,26). The minimum absolute atomic E-state index is 0.197. The SMILES string of the molecule is CCc1c(C(=O)Nc2ccc(-c3csnn3)cc2)cnn1-c1ccccn1. The molecule has 0 saturated carbocycles. The molecule has 0 spiro atoms. The number of pyridine rings is 1. The van der Waals surface area contributed by atoms with Crippen LogP contribution < -0.4 is 5.32 Å². The molecule has 27 heavy (non-hydrogen) atoms. The van der Waals surface area contributed by atoms with E-state index >= 15 is 0 Å². The van der Waals surface area contributed by atoms with Gasteiger partial charge in [0.2, 0.25) is 0 Å². The van der Waals surface area contributed by atoms with Crippen molar-refractivity contribution in [2.75, 3.05) is 5.32 Å². The number of carbonyl (C=O) groups is 1. The number of carbonyl (C=O) groups excluding carboxylic acids is 1. The Bertz CT molecular complexity index is 1040. The van der Waals surface area contributed by atoms with Crippen LogP contribution in [0.4, 0.5) is 5.69 Å². The molecule has 0 unspecified atom stereocenters. The van der Waals surface area contributed by atoms with Gasteiger partial charge in [-0.2, -0.15) is 5.10 Å². The molecule has 7 nitrogen and oxygen atoms in total. The van der Waals surface area contributed by atoms with E-state index in [0.717, 1.165) is 17.0 Å². The molecule has 0 bridgehead atoms. The van der Waals surface area contributed by atoms with Crippen LogP contribution in [0.1, 0.15) is 23.0 Å². The van der Waals surface area contributed by atoms with E-state index in [1.807, 2.05) is 54.8 Å². The highest BCUT2D eigenvalue weighted by molar-refractivity contribution is 7.03. The number of benzene rings is 1. The molecule has 0 saturated heterocycles. The number of rotatable bonds is 5. The summed E-state index contributed by atoms with van der Waals surface area (Å²) in [6, 6.07) is 13.1. The van der Waals surface area contributed by atoms with E-state index < -0.39 is 0 Å². The lowest BCUT2D eigenvalue weighted by molar-refractivity contribution is 0.102. The van der Waals surface area contributed by atoms with Crippen LogP contribution in [0.3, 0.4) is 0 Å². The van der Waals surface area contributed by atoms with Crippen LogP contribution in [0.15, 0.2) is 60.2 Å². The molecule has 1 amide bonds. The molecule has 0 aliphatic carbocycles. The maximum Gasteiger partial charge on any atom is 0.259 e. The van der Waals surface area contributed by atoms with Crippen LogP contribution in [0.5, 0.6) is 0 Å². The smallest absolute Gasteiger partial charge is 0.259 e. The van der Waals surface area contributed by atoms with Crippen molar-refractivity contribution in [3.63, 3.8) is 0 Å². The minimum Gasteiger partial charge on any atom is -0.322 e. The predicted octanol–water partition coefficient (Wildman–Crippen LogP) is 3.60. The van der Waals surface area contributed by atoms with Gasteiger partial charge in [-0.1, -0.05) is 29.6 Å². The summed E-state index contributed by atoms with van der Waals surface area (Å²) in [5.74, 6) is 0.492. The van der Waals surface area contributed by atoms with Crippen molar-refractivity contribution in [1.82, 2.24) is 24.4 Å². The zero-order valence-electron chi connectivity index (χ0n) is 14.5. The number of anilines is 1. The summed E-state index contributed by atoms with van der Waals surface area (Å²) in [5.41, 5.74) is 3.84. The lowest BCUT2D eigenvalue weighted by Crippen LogP contribution is -2.14. The summed E-state index contributed by atoms with van der Waals surface area (Å²) < 4.78 is 5.56. The lowest BCUT2D eigenvalue weighted by Gasteiger charge is -2.08. The number of aromatic nitrogens is 5. The Kier molecular flexibility index (Phi) is 4.71. The van der Waals surface area contributed by atoms with Gasteiger partial charge in [-0.3, -0.25) is 4.79 Å². The average molecular weight is 376 g/mol. The molecule has 3 heterocycles. The number of nitrogens with one attached hydrogen (secondary N) is 1. The van der Waals surface area contributed by atoms with E-state index in [1.54, 1.807) is 17.1 Å². The van der Waals surface area contributed by atoms with Crippen LogP contribution in [0, 0.1) is 0 Å². The largest absolute Gasteiger partial charge is 0.322 e. The van der Waals surface area contributed by atoms with Crippen molar-refractivity contribution >= 4 is 23.1 Å². The molecule has 1 aromatic carbocycles. The molecule has 8 heteroatoms. The fourth-order valence-electron chi connectivity index (χ4n) is 2.79. The number of nitrogens with zero attached hydrogens (tertiary/aromatic N) is 5. The molecule has 4 aromatic rings. The molecule has 0 aliphatic heterocycles. The summed E-state index contributed by atoms with van der Waals surface area (Å²) in [6.45, 7) is 1.99. The molecule has 0 atom stereocenters. The van der Waals surface area contributed by atoms with Gasteiger partial charge in [0.05, 0.1) is 17.5 Å². The quantitative estimate of drug-likeness (QED) is 0.575. The highest BCUT2D eigenvalue weighted by atomic mass is 32.1. The number of amides is 1. The van der Waals surface area contributed by atoms with Gasteiger partial charge in [-0.05, 0) is 42.2 Å². The Balaban J connectivity index is 1.56. The van der Waals surface area contributed by atoms with Crippen molar-refractivity contribution in [2.45, 2.75) is 13.3 Å². The van der Waals surface area contributed by atoms with Gasteiger partial charge < -0.3 is 5.32 Å². The summed E-state index contributed by atoms with van der Waals surface area (Å²) in [4.78, 5) is 17.1. The normalized spacial score (nSPS) is 10.7. The maximum atomic E-state index is 12.7. The third-order valence-electron chi connectivity index (χ3n) is 4.11. The minimum atomic E-state index is -0.197. The van der Waals surface area contributed by atoms with Crippen molar-refractivity contribution in [3.8, 4) is 17.1 Å². The number of hydrogen-bond acceptors (Lipinski definition) is 6. The van der Waals surface area contributed by atoms with Crippen LogP contribution in [0.2, 0.25) is 0 Å². The summed E-state index contributed by atoms with van der Waals surface area (Å²) >= 11 is 1.31. The second-order valence-electron chi connectivity index (χ2n) is 5.78. The molecule has 3 aromatic heterocycles. The first-order valence-electron chi connectivity index (χ1n) is 8.43. The molecule has 0 fully saturated rings. The Morgan fingerprint density at radius 3 is 2.70 bits per heavy atom. The Morgan fingerprint density at radius 2 is 2.04 bits per heavy atom. The summed E-state index contributed by atoms with van der Waals surface area (Å²) in [5, 5.41) is 13.2. The highest BCUT2D eigenvalue weighted by Gasteiger charge is 2.17. The fraction of sp³-hybridized carbons (Fsp3) is 0.105. The van der Waals surface area contributed by atoms with Gasteiger partial charge in [0.1, 0.15) is 5.69 Å². The van der Waals surface area contributed by atoms with Gasteiger partial charge in [0.15, 0.2) is 5.82 Å². The molecule has 4 rings (SSSR count). The van der Waals surface area contributed by atoms with Gasteiger partial charge in [0, 0.05) is 22.8 Å². The lowest BCUT2D eigenvalue weighted by atomic mass is 10.1. The van der Waals surface area contributed by atoms with Crippen molar-refractivity contribution in [3.05, 3.63) is 71.5 Å². The first kappa shape index (κ1) is 17.0. The van der Waals surface area contributed by atoms with Gasteiger partial charge >= 0.3 is 0 Å². The first-order chi connectivity index (χ1) is 13.3. The van der Waals surface area contributed by atoms with Crippen LogP contribution in [-0.4, -0.2) is 30.3 Å². The second-order valence-corrected chi connectivity index (χ2v) is 6.39. The zero-order chi connectivity index (χ0) is 18.6. The van der Waals surface area contributed by atoms with E-state index in [4.69, 9.17) is 0 Å². The maximum absolute atomic E-state index is 12.7. The monoisotopic (exact) mass is 376 g/mol. The molecule has 0 aliphatic rings. The topological polar surface area (TPSA) is 85.6 Å². The fourth-order valence-corrected chi connectivity index (χ4v) is 3.26. The average Bonchev–Trinajstić information content (AvgIpc) is 3.39. The van der Waals surface area contributed by atoms with Crippen LogP contribution >= 0.6 is 11.5 Å². The number of hydrogen-bond donors (Lipinski definition) is 1. The van der Waals surface area contributed by atoms with E-state index in [2.05, 4.69) is 25.0 Å². The van der Waals surface area contributed by atoms with E-state index in [-0.39, 0.29) is 5.91 Å². The van der Waals surface area contributed by atoms with Crippen molar-refractivity contribution in [2.24, 2.45) is 0 Å². The van der Waals surface area contributed by atoms with Crippen LogP contribution in [-0.2, 0) is 6.42 Å². The first-order valence-corrected chi connectivity index (χ1v) is 9.27. The summed E-state index contributed by atoms with van der Waals surface area (Å²) in [7, 11) is 0. The van der Waals surface area contributed by atoms with E-state index in [0.29, 0.717) is 23.5 Å². The predicted molar refractivity (Wildman–Crippen MR) is 104 cm³/mol. The van der Waals surface area contributed by atoms with Crippen LogP contribution in [0.25, 0.3) is 17.1 Å².